The molecule has 1 fully saturated rings. The summed E-state index contributed by atoms with van der Waals surface area (Å²) >= 11 is 0. The molecular formula is C21H18N4O4. The van der Waals surface area contributed by atoms with Crippen LogP contribution < -0.4 is 5.32 Å². The molecule has 8 nitrogen and oxygen atoms in total. The second kappa shape index (κ2) is 6.51. The van der Waals surface area contributed by atoms with Crippen molar-refractivity contribution in [3.05, 3.63) is 64.5 Å². The third kappa shape index (κ3) is 2.88. The van der Waals surface area contributed by atoms with Crippen LogP contribution in [0, 0.1) is 0 Å². The molecule has 1 aromatic heterocycles. The molecule has 0 saturated carbocycles. The number of hydrogen-bond donors (Lipinski definition) is 1. The highest BCUT2D eigenvalue weighted by molar-refractivity contribution is 6.06. The van der Waals surface area contributed by atoms with E-state index in [1.54, 1.807) is 29.3 Å². The Hall–Kier alpha value is -3.55. The molecule has 3 aliphatic rings. The maximum absolute atomic E-state index is 13.0. The van der Waals surface area contributed by atoms with Gasteiger partial charge in [-0.2, -0.15) is 0 Å². The number of nitrogens with one attached hydrogen (secondary N) is 1. The molecule has 1 saturated heterocycles. The molecule has 1 unspecified atom stereocenters. The molecule has 0 bridgehead atoms. The zero-order valence-corrected chi connectivity index (χ0v) is 15.6. The average molecular weight is 390 g/mol. The molecule has 5 rings (SSSR count). The number of amides is 4. The predicted octanol–water partition coefficient (Wildman–Crippen LogP) is 0.999. The summed E-state index contributed by atoms with van der Waals surface area (Å²) in [6.07, 6.45) is 2.25. The normalized spacial score (nSPS) is 20.6. The van der Waals surface area contributed by atoms with Gasteiger partial charge in [0.15, 0.2) is 0 Å². The summed E-state index contributed by atoms with van der Waals surface area (Å²) in [4.78, 5) is 56.8. The highest BCUT2D eigenvalue weighted by atomic mass is 16.2. The Kier molecular flexibility index (Phi) is 3.94. The van der Waals surface area contributed by atoms with Gasteiger partial charge in [0.05, 0.1) is 12.2 Å². The maximum Gasteiger partial charge on any atom is 0.255 e. The van der Waals surface area contributed by atoms with Crippen LogP contribution in [-0.4, -0.2) is 44.5 Å². The molecule has 3 aliphatic heterocycles. The minimum Gasteiger partial charge on any atom is -0.328 e. The number of nitrogens with zero attached hydrogens (tertiary/aromatic N) is 3. The number of carbonyl (C=O) groups excluding carboxylic acids is 4. The summed E-state index contributed by atoms with van der Waals surface area (Å²) in [5.41, 5.74) is 3.68. The number of benzene rings is 1. The minimum atomic E-state index is -0.661. The number of fused-ring (bicyclic) bond motifs is 2. The number of carbonyl (C=O) groups is 4. The van der Waals surface area contributed by atoms with E-state index in [4.69, 9.17) is 0 Å². The summed E-state index contributed by atoms with van der Waals surface area (Å²) < 4.78 is 0. The van der Waals surface area contributed by atoms with Crippen molar-refractivity contribution in [1.29, 1.82) is 0 Å². The fraction of sp³-hybridized carbons (Fsp3) is 0.286. The van der Waals surface area contributed by atoms with Gasteiger partial charge in [-0.15, -0.1) is 0 Å². The molecular weight excluding hydrogens is 372 g/mol. The topological polar surface area (TPSA) is 99.7 Å². The molecule has 29 heavy (non-hydrogen) atoms. The van der Waals surface area contributed by atoms with Gasteiger partial charge < -0.3 is 9.80 Å². The van der Waals surface area contributed by atoms with Gasteiger partial charge in [-0.25, -0.2) is 0 Å². The summed E-state index contributed by atoms with van der Waals surface area (Å²) in [5.74, 6) is -1.12. The lowest BCUT2D eigenvalue weighted by molar-refractivity contribution is -0.136. The monoisotopic (exact) mass is 390 g/mol. The van der Waals surface area contributed by atoms with Gasteiger partial charge in [-0.1, -0.05) is 6.07 Å². The largest absolute Gasteiger partial charge is 0.328 e. The number of imide groups is 1. The summed E-state index contributed by atoms with van der Waals surface area (Å²) in [6.45, 7) is 1.23. The maximum atomic E-state index is 13.0. The van der Waals surface area contributed by atoms with Crippen LogP contribution in [0.5, 0.6) is 0 Å². The first kappa shape index (κ1) is 17.5. The smallest absolute Gasteiger partial charge is 0.255 e. The first-order valence-corrected chi connectivity index (χ1v) is 9.51. The highest BCUT2D eigenvalue weighted by Crippen LogP contribution is 2.29. The van der Waals surface area contributed by atoms with E-state index in [-0.39, 0.29) is 30.7 Å². The van der Waals surface area contributed by atoms with Gasteiger partial charge in [-0.3, -0.25) is 29.5 Å². The van der Waals surface area contributed by atoms with Crippen molar-refractivity contribution < 1.29 is 19.2 Å². The Bertz CT molecular complexity index is 1060. The van der Waals surface area contributed by atoms with E-state index in [1.807, 2.05) is 12.1 Å². The van der Waals surface area contributed by atoms with Crippen molar-refractivity contribution >= 4 is 23.6 Å². The highest BCUT2D eigenvalue weighted by Gasteiger charge is 2.39. The zero-order valence-electron chi connectivity index (χ0n) is 15.6. The summed E-state index contributed by atoms with van der Waals surface area (Å²) in [5, 5.41) is 2.29. The van der Waals surface area contributed by atoms with E-state index >= 15 is 0 Å². The van der Waals surface area contributed by atoms with E-state index in [2.05, 4.69) is 10.3 Å². The van der Waals surface area contributed by atoms with Crippen LogP contribution in [0.3, 0.4) is 0 Å². The first-order chi connectivity index (χ1) is 14.0. The van der Waals surface area contributed by atoms with Gasteiger partial charge in [0.25, 0.3) is 11.8 Å². The fourth-order valence-corrected chi connectivity index (χ4v) is 4.23. The summed E-state index contributed by atoms with van der Waals surface area (Å²) in [7, 11) is 0. The molecule has 0 radical (unpaired) electrons. The van der Waals surface area contributed by atoms with Crippen molar-refractivity contribution in [2.45, 2.75) is 38.5 Å². The Morgan fingerprint density at radius 3 is 2.72 bits per heavy atom. The molecule has 1 N–H and O–H groups in total. The fourth-order valence-electron chi connectivity index (χ4n) is 4.23. The van der Waals surface area contributed by atoms with Gasteiger partial charge in [-0.05, 0) is 41.8 Å². The lowest BCUT2D eigenvalue weighted by Crippen LogP contribution is -2.52. The Morgan fingerprint density at radius 1 is 1.07 bits per heavy atom. The summed E-state index contributed by atoms with van der Waals surface area (Å²) in [6, 6.07) is 8.21. The standard InChI is InChI=1S/C21H18N4O4/c26-18-6-5-17(19(27)23-18)25-10-14-8-12(3-4-15(14)21(25)29)20(28)24-9-13-2-1-7-22-16(13)11-24/h1-4,7-8,17H,5-6,9-11H2,(H,23,26,27). The van der Waals surface area contributed by atoms with Gasteiger partial charge in [0, 0.05) is 36.8 Å². The molecule has 1 atom stereocenters. The van der Waals surface area contributed by atoms with E-state index < -0.39 is 11.9 Å². The van der Waals surface area contributed by atoms with Crippen molar-refractivity contribution in [3.8, 4) is 0 Å². The van der Waals surface area contributed by atoms with Gasteiger partial charge in [0.2, 0.25) is 11.8 Å². The molecule has 1 aromatic carbocycles. The molecule has 0 spiro atoms. The molecule has 146 valence electrons. The van der Waals surface area contributed by atoms with E-state index in [0.717, 1.165) is 16.8 Å². The lowest BCUT2D eigenvalue weighted by Gasteiger charge is -2.29. The van der Waals surface area contributed by atoms with Crippen LogP contribution in [0.15, 0.2) is 36.5 Å². The lowest BCUT2D eigenvalue weighted by atomic mass is 10.0. The minimum absolute atomic E-state index is 0.113. The molecule has 4 heterocycles. The Balaban J connectivity index is 1.36. The number of hydrogen-bond acceptors (Lipinski definition) is 5. The van der Waals surface area contributed by atoms with Crippen LogP contribution in [0.25, 0.3) is 0 Å². The SMILES string of the molecule is O=C1CCC(N2Cc3cc(C(=O)N4Cc5cccnc5C4)ccc3C2=O)C(=O)N1. The zero-order chi connectivity index (χ0) is 20.1. The second-order valence-electron chi connectivity index (χ2n) is 7.54. The van der Waals surface area contributed by atoms with Crippen LogP contribution in [0.2, 0.25) is 0 Å². The number of rotatable bonds is 2. The average Bonchev–Trinajstić information content (AvgIpc) is 3.28. The number of pyridine rings is 1. The van der Waals surface area contributed by atoms with Crippen molar-refractivity contribution in [2.75, 3.05) is 0 Å². The van der Waals surface area contributed by atoms with Crippen LogP contribution in [-0.2, 0) is 29.2 Å². The van der Waals surface area contributed by atoms with E-state index in [9.17, 15) is 19.2 Å². The van der Waals surface area contributed by atoms with Crippen LogP contribution in [0.4, 0.5) is 0 Å². The number of aromatic nitrogens is 1. The molecule has 0 aliphatic carbocycles. The van der Waals surface area contributed by atoms with Crippen molar-refractivity contribution in [1.82, 2.24) is 20.1 Å². The Morgan fingerprint density at radius 2 is 1.93 bits per heavy atom. The van der Waals surface area contributed by atoms with Crippen LogP contribution in [0.1, 0.15) is 50.4 Å². The Labute approximate surface area is 166 Å². The predicted molar refractivity (Wildman–Crippen MR) is 100 cm³/mol. The van der Waals surface area contributed by atoms with Gasteiger partial charge >= 0.3 is 0 Å². The third-order valence-electron chi connectivity index (χ3n) is 5.74. The van der Waals surface area contributed by atoms with Crippen LogP contribution >= 0.6 is 0 Å². The third-order valence-corrected chi connectivity index (χ3v) is 5.74. The van der Waals surface area contributed by atoms with E-state index in [0.29, 0.717) is 30.6 Å². The first-order valence-electron chi connectivity index (χ1n) is 9.51. The second-order valence-corrected chi connectivity index (χ2v) is 7.54. The molecule has 2 aromatic rings. The molecule has 8 heteroatoms. The van der Waals surface area contributed by atoms with Crippen molar-refractivity contribution in [2.24, 2.45) is 0 Å². The quantitative estimate of drug-likeness (QED) is 0.771. The van der Waals surface area contributed by atoms with Gasteiger partial charge in [0.1, 0.15) is 6.04 Å². The number of piperidine rings is 1. The van der Waals surface area contributed by atoms with Crippen molar-refractivity contribution in [3.63, 3.8) is 0 Å². The molecule has 4 amide bonds. The van der Waals surface area contributed by atoms with E-state index in [1.165, 1.54) is 4.90 Å².